The minimum absolute atomic E-state index is 0.266. The first-order chi connectivity index (χ1) is 9.83. The van der Waals surface area contributed by atoms with Crippen LogP contribution in [-0.2, 0) is 13.0 Å². The van der Waals surface area contributed by atoms with Crippen molar-refractivity contribution in [1.82, 2.24) is 5.32 Å². The monoisotopic (exact) mass is 270 g/mol. The van der Waals surface area contributed by atoms with Crippen LogP contribution in [0.3, 0.4) is 0 Å². The Balaban J connectivity index is 1.94. The number of nitrogens with two attached hydrogens (primary N) is 1. The maximum absolute atomic E-state index is 5.86. The third kappa shape index (κ3) is 4.08. The average Bonchev–Trinajstić information content (AvgIpc) is 2.52. The van der Waals surface area contributed by atoms with Gasteiger partial charge in [0.1, 0.15) is 5.75 Å². The Kier molecular flexibility index (Phi) is 5.59. The van der Waals surface area contributed by atoms with Gasteiger partial charge in [-0.3, -0.25) is 0 Å². The van der Waals surface area contributed by atoms with Gasteiger partial charge in [0.05, 0.1) is 7.11 Å². The van der Waals surface area contributed by atoms with Gasteiger partial charge in [0, 0.05) is 24.7 Å². The summed E-state index contributed by atoms with van der Waals surface area (Å²) >= 11 is 0. The van der Waals surface area contributed by atoms with Gasteiger partial charge in [0.25, 0.3) is 0 Å². The van der Waals surface area contributed by atoms with Crippen LogP contribution in [0, 0.1) is 0 Å². The van der Waals surface area contributed by atoms with Gasteiger partial charge in [-0.05, 0) is 18.1 Å². The smallest absolute Gasteiger partial charge is 0.123 e. The summed E-state index contributed by atoms with van der Waals surface area (Å²) in [7, 11) is 1.70. The molecule has 0 aromatic heterocycles. The van der Waals surface area contributed by atoms with Crippen molar-refractivity contribution in [1.29, 1.82) is 0 Å². The standard InChI is InChI=1S/C17H22N2O/c1-20-17-10-6-5-9-15(17)13-19-16(12-18)11-14-7-3-2-4-8-14/h2-10,16,19H,11-13,18H2,1H3. The van der Waals surface area contributed by atoms with Crippen LogP contribution in [-0.4, -0.2) is 19.7 Å². The molecule has 0 saturated heterocycles. The summed E-state index contributed by atoms with van der Waals surface area (Å²) in [5.74, 6) is 0.912. The van der Waals surface area contributed by atoms with Gasteiger partial charge >= 0.3 is 0 Å². The Bertz CT molecular complexity index is 513. The lowest BCUT2D eigenvalue weighted by Gasteiger charge is -2.18. The number of benzene rings is 2. The normalized spacial score (nSPS) is 12.1. The number of nitrogens with one attached hydrogen (secondary N) is 1. The van der Waals surface area contributed by atoms with Crippen LogP contribution >= 0.6 is 0 Å². The molecule has 0 radical (unpaired) electrons. The second-order valence-electron chi connectivity index (χ2n) is 4.82. The maximum atomic E-state index is 5.86. The Morgan fingerprint density at radius 3 is 2.45 bits per heavy atom. The van der Waals surface area contributed by atoms with E-state index in [1.807, 2.05) is 24.3 Å². The first-order valence-electron chi connectivity index (χ1n) is 6.92. The molecule has 0 spiro atoms. The van der Waals surface area contributed by atoms with Gasteiger partial charge in [-0.25, -0.2) is 0 Å². The molecule has 0 saturated carbocycles. The van der Waals surface area contributed by atoms with Crippen molar-refractivity contribution in [2.45, 2.75) is 19.0 Å². The van der Waals surface area contributed by atoms with E-state index in [9.17, 15) is 0 Å². The predicted octanol–water partition coefficient (Wildman–Crippen LogP) is 2.35. The molecule has 3 nitrogen and oxygen atoms in total. The Labute approximate surface area is 120 Å². The van der Waals surface area contributed by atoms with Crippen molar-refractivity contribution >= 4 is 0 Å². The molecule has 0 aliphatic rings. The largest absolute Gasteiger partial charge is 0.496 e. The molecule has 106 valence electrons. The molecule has 0 heterocycles. The fraction of sp³-hybridized carbons (Fsp3) is 0.294. The molecule has 1 unspecified atom stereocenters. The zero-order chi connectivity index (χ0) is 14.2. The van der Waals surface area contributed by atoms with Gasteiger partial charge in [-0.2, -0.15) is 0 Å². The summed E-state index contributed by atoms with van der Waals surface area (Å²) < 4.78 is 5.36. The van der Waals surface area contributed by atoms with Crippen LogP contribution in [0.4, 0.5) is 0 Å². The Hall–Kier alpha value is -1.84. The third-order valence-corrected chi connectivity index (χ3v) is 3.38. The van der Waals surface area contributed by atoms with Crippen LogP contribution in [0.2, 0.25) is 0 Å². The second-order valence-corrected chi connectivity index (χ2v) is 4.82. The highest BCUT2D eigenvalue weighted by molar-refractivity contribution is 5.33. The van der Waals surface area contributed by atoms with E-state index in [4.69, 9.17) is 10.5 Å². The molecule has 20 heavy (non-hydrogen) atoms. The molecule has 2 aromatic rings. The topological polar surface area (TPSA) is 47.3 Å². The molecule has 2 aromatic carbocycles. The molecule has 2 rings (SSSR count). The lowest BCUT2D eigenvalue weighted by atomic mass is 10.1. The number of ether oxygens (including phenoxy) is 1. The molecule has 3 N–H and O–H groups in total. The number of hydrogen-bond acceptors (Lipinski definition) is 3. The Morgan fingerprint density at radius 2 is 1.75 bits per heavy atom. The fourth-order valence-corrected chi connectivity index (χ4v) is 2.24. The highest BCUT2D eigenvalue weighted by Crippen LogP contribution is 2.17. The second kappa shape index (κ2) is 7.68. The van der Waals surface area contributed by atoms with Crippen molar-refractivity contribution in [3.05, 3.63) is 65.7 Å². The van der Waals surface area contributed by atoms with Gasteiger partial charge in [0.2, 0.25) is 0 Å². The zero-order valence-electron chi connectivity index (χ0n) is 11.9. The Morgan fingerprint density at radius 1 is 1.05 bits per heavy atom. The van der Waals surface area contributed by atoms with Crippen LogP contribution < -0.4 is 15.8 Å². The van der Waals surface area contributed by atoms with Gasteiger partial charge < -0.3 is 15.8 Å². The summed E-state index contributed by atoms with van der Waals surface area (Å²) in [5, 5.41) is 3.50. The first kappa shape index (κ1) is 14.6. The van der Waals surface area contributed by atoms with Crippen LogP contribution in [0.5, 0.6) is 5.75 Å². The predicted molar refractivity (Wildman–Crippen MR) is 82.8 cm³/mol. The van der Waals surface area contributed by atoms with E-state index in [0.29, 0.717) is 6.54 Å². The summed E-state index contributed by atoms with van der Waals surface area (Å²) in [4.78, 5) is 0. The summed E-state index contributed by atoms with van der Waals surface area (Å²) in [5.41, 5.74) is 8.32. The summed E-state index contributed by atoms with van der Waals surface area (Å²) in [6.07, 6.45) is 0.937. The number of para-hydroxylation sites is 1. The van der Waals surface area contributed by atoms with Crippen LogP contribution in [0.15, 0.2) is 54.6 Å². The minimum Gasteiger partial charge on any atom is -0.496 e. The quantitative estimate of drug-likeness (QED) is 0.812. The molecule has 1 atom stereocenters. The van der Waals surface area contributed by atoms with E-state index in [-0.39, 0.29) is 6.04 Å². The fourth-order valence-electron chi connectivity index (χ4n) is 2.24. The summed E-state index contributed by atoms with van der Waals surface area (Å²) in [6.45, 7) is 1.38. The molecular weight excluding hydrogens is 248 g/mol. The highest BCUT2D eigenvalue weighted by Gasteiger charge is 2.08. The highest BCUT2D eigenvalue weighted by atomic mass is 16.5. The van der Waals surface area contributed by atoms with Crippen molar-refractivity contribution in [2.24, 2.45) is 5.73 Å². The van der Waals surface area contributed by atoms with E-state index in [1.165, 1.54) is 5.56 Å². The molecule has 0 aliphatic carbocycles. The van der Waals surface area contributed by atoms with Crippen LogP contribution in [0.25, 0.3) is 0 Å². The first-order valence-corrected chi connectivity index (χ1v) is 6.92. The van der Waals surface area contributed by atoms with Gasteiger partial charge in [-0.15, -0.1) is 0 Å². The van der Waals surface area contributed by atoms with Crippen molar-refractivity contribution in [2.75, 3.05) is 13.7 Å². The summed E-state index contributed by atoms with van der Waals surface area (Å²) in [6, 6.07) is 18.7. The number of rotatable bonds is 7. The van der Waals surface area contributed by atoms with Crippen LogP contribution in [0.1, 0.15) is 11.1 Å². The van der Waals surface area contributed by atoms with E-state index in [2.05, 4.69) is 35.6 Å². The van der Waals surface area contributed by atoms with E-state index in [1.54, 1.807) is 7.11 Å². The van der Waals surface area contributed by atoms with Crippen molar-refractivity contribution < 1.29 is 4.74 Å². The van der Waals surface area contributed by atoms with Crippen molar-refractivity contribution in [3.8, 4) is 5.75 Å². The van der Waals surface area contributed by atoms with Crippen molar-refractivity contribution in [3.63, 3.8) is 0 Å². The molecule has 0 aliphatic heterocycles. The molecule has 0 amide bonds. The third-order valence-electron chi connectivity index (χ3n) is 3.38. The maximum Gasteiger partial charge on any atom is 0.123 e. The molecule has 0 bridgehead atoms. The van der Waals surface area contributed by atoms with Gasteiger partial charge in [-0.1, -0.05) is 48.5 Å². The zero-order valence-corrected chi connectivity index (χ0v) is 11.9. The van der Waals surface area contributed by atoms with E-state index < -0.39 is 0 Å². The molecule has 3 heteroatoms. The van der Waals surface area contributed by atoms with Gasteiger partial charge in [0.15, 0.2) is 0 Å². The SMILES string of the molecule is COc1ccccc1CNC(CN)Cc1ccccc1. The minimum atomic E-state index is 0.266. The molecule has 0 fully saturated rings. The van der Waals surface area contributed by atoms with E-state index >= 15 is 0 Å². The number of methoxy groups -OCH3 is 1. The molecular formula is C17H22N2O. The average molecular weight is 270 g/mol. The van der Waals surface area contributed by atoms with E-state index in [0.717, 1.165) is 24.3 Å². The lowest BCUT2D eigenvalue weighted by molar-refractivity contribution is 0.404. The number of hydrogen-bond donors (Lipinski definition) is 2. The lowest BCUT2D eigenvalue weighted by Crippen LogP contribution is -2.37.